The zero-order valence-corrected chi connectivity index (χ0v) is 11.5. The van der Waals surface area contributed by atoms with E-state index in [9.17, 15) is 4.79 Å². The van der Waals surface area contributed by atoms with E-state index in [1.807, 2.05) is 6.07 Å². The molecule has 0 radical (unpaired) electrons. The Bertz CT molecular complexity index is 890. The molecule has 108 valence electrons. The number of nitrogens with zero attached hydrogens (tertiary/aromatic N) is 3. The highest BCUT2D eigenvalue weighted by atomic mass is 16.4. The summed E-state index contributed by atoms with van der Waals surface area (Å²) in [5, 5.41) is 18.0. The number of carboxylic acid groups (broad SMARTS) is 1. The second-order valence-electron chi connectivity index (χ2n) is 4.63. The lowest BCUT2D eigenvalue weighted by Crippen LogP contribution is -1.94. The van der Waals surface area contributed by atoms with E-state index in [1.165, 1.54) is 12.1 Å². The molecule has 0 spiro atoms. The van der Waals surface area contributed by atoms with E-state index in [2.05, 4.69) is 15.2 Å². The zero-order valence-electron chi connectivity index (χ0n) is 11.5. The van der Waals surface area contributed by atoms with Crippen molar-refractivity contribution in [2.45, 2.75) is 0 Å². The van der Waals surface area contributed by atoms with Crippen LogP contribution in [0.5, 0.6) is 0 Å². The van der Waals surface area contributed by atoms with Crippen LogP contribution in [0, 0.1) is 0 Å². The molecule has 3 N–H and O–H groups in total. The first kappa shape index (κ1) is 13.7. The van der Waals surface area contributed by atoms with Gasteiger partial charge in [0.2, 0.25) is 0 Å². The number of hydrogen-bond acceptors (Lipinski definition) is 5. The van der Waals surface area contributed by atoms with E-state index in [0.29, 0.717) is 22.6 Å². The molecule has 2 aromatic carbocycles. The second-order valence-corrected chi connectivity index (χ2v) is 4.63. The molecule has 0 fully saturated rings. The molecular weight excluding hydrogens is 280 g/mol. The van der Waals surface area contributed by atoms with Crippen molar-refractivity contribution < 1.29 is 9.90 Å². The minimum absolute atomic E-state index is 0.167. The van der Waals surface area contributed by atoms with Gasteiger partial charge in [0.1, 0.15) is 0 Å². The lowest BCUT2D eigenvalue weighted by molar-refractivity contribution is 0.0697. The monoisotopic (exact) mass is 292 g/mol. The van der Waals surface area contributed by atoms with Crippen LogP contribution in [-0.2, 0) is 0 Å². The maximum atomic E-state index is 10.9. The Morgan fingerprint density at radius 3 is 2.77 bits per heavy atom. The highest BCUT2D eigenvalue weighted by molar-refractivity contribution is 5.97. The maximum absolute atomic E-state index is 10.9. The van der Waals surface area contributed by atoms with Crippen molar-refractivity contribution in [3.05, 3.63) is 60.3 Å². The summed E-state index contributed by atoms with van der Waals surface area (Å²) in [6.07, 6.45) is 1.66. The third-order valence-electron chi connectivity index (χ3n) is 3.14. The number of nitrogens with two attached hydrogens (primary N) is 1. The SMILES string of the molecule is Nc1ccc(N=Nc2cccc(C(=O)O)c2)c2cccnc12. The number of aromatic carboxylic acids is 1. The van der Waals surface area contributed by atoms with Gasteiger partial charge >= 0.3 is 5.97 Å². The minimum Gasteiger partial charge on any atom is -0.478 e. The summed E-state index contributed by atoms with van der Waals surface area (Å²) in [5.74, 6) is -1.00. The first-order chi connectivity index (χ1) is 10.6. The van der Waals surface area contributed by atoms with Crippen molar-refractivity contribution >= 4 is 33.9 Å². The van der Waals surface area contributed by atoms with Crippen LogP contribution in [0.1, 0.15) is 10.4 Å². The van der Waals surface area contributed by atoms with Crippen LogP contribution in [0.15, 0.2) is 65.0 Å². The molecule has 0 aliphatic heterocycles. The van der Waals surface area contributed by atoms with E-state index >= 15 is 0 Å². The molecular formula is C16H12N4O2. The molecule has 0 aliphatic carbocycles. The van der Waals surface area contributed by atoms with Crippen molar-refractivity contribution in [3.63, 3.8) is 0 Å². The summed E-state index contributed by atoms with van der Waals surface area (Å²) in [7, 11) is 0. The number of azo groups is 1. The van der Waals surface area contributed by atoms with E-state index in [-0.39, 0.29) is 5.56 Å². The number of anilines is 1. The van der Waals surface area contributed by atoms with Crippen LogP contribution in [0.4, 0.5) is 17.1 Å². The summed E-state index contributed by atoms with van der Waals surface area (Å²) in [6.45, 7) is 0. The van der Waals surface area contributed by atoms with E-state index in [4.69, 9.17) is 10.8 Å². The minimum atomic E-state index is -1.00. The molecule has 0 saturated heterocycles. The van der Waals surface area contributed by atoms with Crippen LogP contribution < -0.4 is 5.73 Å². The Morgan fingerprint density at radius 2 is 1.95 bits per heavy atom. The van der Waals surface area contributed by atoms with Crippen LogP contribution in [0.2, 0.25) is 0 Å². The van der Waals surface area contributed by atoms with Gasteiger partial charge in [-0.15, -0.1) is 5.11 Å². The first-order valence-electron chi connectivity index (χ1n) is 6.53. The van der Waals surface area contributed by atoms with Gasteiger partial charge < -0.3 is 10.8 Å². The van der Waals surface area contributed by atoms with Crippen molar-refractivity contribution in [1.29, 1.82) is 0 Å². The lowest BCUT2D eigenvalue weighted by atomic mass is 10.1. The molecule has 0 amide bonds. The molecule has 3 aromatic rings. The lowest BCUT2D eigenvalue weighted by Gasteiger charge is -2.03. The molecule has 1 aromatic heterocycles. The Labute approximate surface area is 125 Å². The third kappa shape index (κ3) is 2.62. The molecule has 6 nitrogen and oxygen atoms in total. The van der Waals surface area contributed by atoms with Gasteiger partial charge in [-0.2, -0.15) is 5.11 Å². The van der Waals surface area contributed by atoms with E-state index in [0.717, 1.165) is 5.39 Å². The van der Waals surface area contributed by atoms with Crippen LogP contribution >= 0.6 is 0 Å². The van der Waals surface area contributed by atoms with Gasteiger partial charge in [-0.1, -0.05) is 6.07 Å². The first-order valence-corrected chi connectivity index (χ1v) is 6.53. The van der Waals surface area contributed by atoms with Crippen molar-refractivity contribution in [2.24, 2.45) is 10.2 Å². The number of fused-ring (bicyclic) bond motifs is 1. The van der Waals surface area contributed by atoms with Gasteiger partial charge in [0.05, 0.1) is 28.1 Å². The fourth-order valence-electron chi connectivity index (χ4n) is 2.08. The second kappa shape index (κ2) is 5.61. The van der Waals surface area contributed by atoms with Crippen molar-refractivity contribution in [3.8, 4) is 0 Å². The zero-order chi connectivity index (χ0) is 15.5. The molecule has 3 rings (SSSR count). The third-order valence-corrected chi connectivity index (χ3v) is 3.14. The number of benzene rings is 2. The predicted octanol–water partition coefficient (Wildman–Crippen LogP) is 3.93. The molecule has 22 heavy (non-hydrogen) atoms. The molecule has 6 heteroatoms. The van der Waals surface area contributed by atoms with Gasteiger partial charge in [0, 0.05) is 11.6 Å². The van der Waals surface area contributed by atoms with E-state index < -0.39 is 5.97 Å². The summed E-state index contributed by atoms with van der Waals surface area (Å²) in [6, 6.07) is 13.4. The largest absolute Gasteiger partial charge is 0.478 e. The van der Waals surface area contributed by atoms with Gasteiger partial charge in [-0.3, -0.25) is 4.98 Å². The Balaban J connectivity index is 2.01. The van der Waals surface area contributed by atoms with Crippen LogP contribution in [-0.4, -0.2) is 16.1 Å². The standard InChI is InChI=1S/C16H12N4O2/c17-13-6-7-14(12-5-2-8-18-15(12)13)20-19-11-4-1-3-10(9-11)16(21)22/h1-9H,17H2,(H,21,22). The van der Waals surface area contributed by atoms with Crippen LogP contribution in [0.3, 0.4) is 0 Å². The number of hydrogen-bond donors (Lipinski definition) is 2. The van der Waals surface area contributed by atoms with Gasteiger partial charge in [-0.25, -0.2) is 4.79 Å². The highest BCUT2D eigenvalue weighted by Crippen LogP contribution is 2.30. The molecule has 0 bridgehead atoms. The van der Waals surface area contributed by atoms with Gasteiger partial charge in [-0.05, 0) is 42.5 Å². The number of nitrogen functional groups attached to an aromatic ring is 1. The number of rotatable bonds is 3. The number of carbonyl (C=O) groups is 1. The Morgan fingerprint density at radius 1 is 1.09 bits per heavy atom. The number of carboxylic acids is 1. The molecule has 0 aliphatic rings. The predicted molar refractivity (Wildman–Crippen MR) is 83.7 cm³/mol. The highest BCUT2D eigenvalue weighted by Gasteiger charge is 2.05. The van der Waals surface area contributed by atoms with Crippen molar-refractivity contribution in [2.75, 3.05) is 5.73 Å². The topological polar surface area (TPSA) is 101 Å². The Kier molecular flexibility index (Phi) is 3.49. The van der Waals surface area contributed by atoms with Gasteiger partial charge in [0.25, 0.3) is 0 Å². The molecule has 1 heterocycles. The molecule has 0 atom stereocenters. The summed E-state index contributed by atoms with van der Waals surface area (Å²) in [4.78, 5) is 15.2. The molecule has 0 saturated carbocycles. The summed E-state index contributed by atoms with van der Waals surface area (Å²) < 4.78 is 0. The van der Waals surface area contributed by atoms with Crippen LogP contribution in [0.25, 0.3) is 10.9 Å². The summed E-state index contributed by atoms with van der Waals surface area (Å²) in [5.41, 5.74) is 8.38. The quantitative estimate of drug-likeness (QED) is 0.564. The number of pyridine rings is 1. The maximum Gasteiger partial charge on any atom is 0.335 e. The average molecular weight is 292 g/mol. The fourth-order valence-corrected chi connectivity index (χ4v) is 2.08. The molecule has 0 unspecified atom stereocenters. The van der Waals surface area contributed by atoms with E-state index in [1.54, 1.807) is 36.5 Å². The van der Waals surface area contributed by atoms with Crippen molar-refractivity contribution in [1.82, 2.24) is 4.98 Å². The fraction of sp³-hybridized carbons (Fsp3) is 0. The smallest absolute Gasteiger partial charge is 0.335 e. The normalized spacial score (nSPS) is 11.1. The van der Waals surface area contributed by atoms with Gasteiger partial charge in [0.15, 0.2) is 0 Å². The number of aromatic nitrogens is 1. The average Bonchev–Trinajstić information content (AvgIpc) is 2.55. The summed E-state index contributed by atoms with van der Waals surface area (Å²) >= 11 is 0. The Hall–Kier alpha value is -3.28.